The van der Waals surface area contributed by atoms with Crippen molar-refractivity contribution in [1.29, 1.82) is 0 Å². The van der Waals surface area contributed by atoms with Crippen LogP contribution in [0.3, 0.4) is 0 Å². The molecule has 1 saturated heterocycles. The Labute approximate surface area is 133 Å². The highest BCUT2D eigenvalue weighted by Crippen LogP contribution is 2.25. The minimum Gasteiger partial charge on any atom is -0.481 e. The molecular formula is C16H19NO6. The van der Waals surface area contributed by atoms with Crippen LogP contribution >= 0.6 is 0 Å². The number of hydrogen-bond donors (Lipinski definition) is 2. The summed E-state index contributed by atoms with van der Waals surface area (Å²) in [6, 6.07) is 8.09. The number of carbonyl (C=O) groups excluding carboxylic acids is 1. The molecule has 1 amide bonds. The fourth-order valence-electron chi connectivity index (χ4n) is 2.72. The Morgan fingerprint density at radius 3 is 2.43 bits per heavy atom. The summed E-state index contributed by atoms with van der Waals surface area (Å²) in [7, 11) is 0. The quantitative estimate of drug-likeness (QED) is 0.859. The molecule has 2 rings (SSSR count). The molecule has 1 heterocycles. The molecule has 23 heavy (non-hydrogen) atoms. The lowest BCUT2D eigenvalue weighted by molar-refractivity contribution is -0.145. The second-order valence-corrected chi connectivity index (χ2v) is 5.59. The van der Waals surface area contributed by atoms with Crippen molar-refractivity contribution in [2.75, 3.05) is 6.54 Å². The minimum atomic E-state index is -1.10. The molecule has 124 valence electrons. The first-order chi connectivity index (χ1) is 11.0. The van der Waals surface area contributed by atoms with Crippen LogP contribution in [0, 0.1) is 5.92 Å². The van der Waals surface area contributed by atoms with Gasteiger partial charge in [-0.2, -0.15) is 0 Å². The highest BCUT2D eigenvalue weighted by Gasteiger charge is 2.37. The van der Waals surface area contributed by atoms with Crippen LogP contribution in [0.25, 0.3) is 0 Å². The number of amides is 1. The number of carboxylic acid groups (broad SMARTS) is 2. The zero-order chi connectivity index (χ0) is 16.8. The molecule has 1 fully saturated rings. The van der Waals surface area contributed by atoms with Gasteiger partial charge in [-0.25, -0.2) is 9.59 Å². The van der Waals surface area contributed by atoms with Gasteiger partial charge in [-0.05, 0) is 24.3 Å². The molecule has 0 radical (unpaired) electrons. The second-order valence-electron chi connectivity index (χ2n) is 5.59. The van der Waals surface area contributed by atoms with Gasteiger partial charge in [-0.15, -0.1) is 0 Å². The number of ether oxygens (including phenoxy) is 1. The Morgan fingerprint density at radius 1 is 1.13 bits per heavy atom. The molecule has 0 bridgehead atoms. The molecule has 2 atom stereocenters. The fraction of sp³-hybridized carbons (Fsp3) is 0.438. The van der Waals surface area contributed by atoms with E-state index in [4.69, 9.17) is 9.84 Å². The van der Waals surface area contributed by atoms with Crippen LogP contribution in [0.5, 0.6) is 0 Å². The van der Waals surface area contributed by atoms with Gasteiger partial charge in [0.15, 0.2) is 0 Å². The topological polar surface area (TPSA) is 104 Å². The molecular weight excluding hydrogens is 302 g/mol. The number of hydrogen-bond acceptors (Lipinski definition) is 4. The molecule has 0 unspecified atom stereocenters. The van der Waals surface area contributed by atoms with E-state index in [1.807, 2.05) is 18.2 Å². The van der Waals surface area contributed by atoms with Gasteiger partial charge in [0.2, 0.25) is 0 Å². The molecule has 1 aromatic rings. The van der Waals surface area contributed by atoms with Crippen molar-refractivity contribution in [3.8, 4) is 0 Å². The maximum Gasteiger partial charge on any atom is 0.410 e. The molecule has 2 N–H and O–H groups in total. The standard InChI is InChI=1S/C16H19NO6/c18-14(19)8-12-6-7-13(15(20)21)17(9-12)16(22)23-10-11-4-2-1-3-5-11/h1-5,12-13H,6-10H2,(H,18,19)(H,20,21)/t12-,13+/m1/s1. The van der Waals surface area contributed by atoms with E-state index in [-0.39, 0.29) is 31.9 Å². The average Bonchev–Trinajstić information content (AvgIpc) is 2.52. The summed E-state index contributed by atoms with van der Waals surface area (Å²) in [5.41, 5.74) is 0.798. The zero-order valence-electron chi connectivity index (χ0n) is 12.6. The van der Waals surface area contributed by atoms with Gasteiger partial charge in [0, 0.05) is 13.0 Å². The summed E-state index contributed by atoms with van der Waals surface area (Å²) in [5.74, 6) is -2.32. The Hall–Kier alpha value is -2.57. The Balaban J connectivity index is 2.00. The van der Waals surface area contributed by atoms with Crippen molar-refractivity contribution in [3.05, 3.63) is 35.9 Å². The van der Waals surface area contributed by atoms with Crippen molar-refractivity contribution >= 4 is 18.0 Å². The molecule has 7 heteroatoms. The maximum absolute atomic E-state index is 12.2. The summed E-state index contributed by atoms with van der Waals surface area (Å²) in [4.78, 5) is 35.5. The van der Waals surface area contributed by atoms with Gasteiger partial charge >= 0.3 is 18.0 Å². The Kier molecular flexibility index (Phi) is 5.56. The van der Waals surface area contributed by atoms with Gasteiger partial charge in [-0.1, -0.05) is 30.3 Å². The molecule has 1 aliphatic rings. The van der Waals surface area contributed by atoms with E-state index in [0.29, 0.717) is 6.42 Å². The van der Waals surface area contributed by atoms with Crippen LogP contribution in [0.4, 0.5) is 4.79 Å². The van der Waals surface area contributed by atoms with E-state index in [2.05, 4.69) is 0 Å². The van der Waals surface area contributed by atoms with Crippen molar-refractivity contribution in [3.63, 3.8) is 0 Å². The van der Waals surface area contributed by atoms with Crippen molar-refractivity contribution in [2.45, 2.75) is 31.9 Å². The number of carboxylic acids is 2. The van der Waals surface area contributed by atoms with Crippen LogP contribution in [-0.2, 0) is 20.9 Å². The summed E-state index contributed by atoms with van der Waals surface area (Å²) < 4.78 is 5.18. The van der Waals surface area contributed by atoms with E-state index in [9.17, 15) is 19.5 Å². The first-order valence-electron chi connectivity index (χ1n) is 7.39. The minimum absolute atomic E-state index is 0.0477. The highest BCUT2D eigenvalue weighted by atomic mass is 16.6. The summed E-state index contributed by atoms with van der Waals surface area (Å²) in [6.45, 7) is 0.128. The normalized spacial score (nSPS) is 20.8. The number of benzene rings is 1. The summed E-state index contributed by atoms with van der Waals surface area (Å²) >= 11 is 0. The van der Waals surface area contributed by atoms with Crippen molar-refractivity contribution < 1.29 is 29.3 Å². The van der Waals surface area contributed by atoms with E-state index in [1.165, 1.54) is 0 Å². The predicted octanol–water partition coefficient (Wildman–Crippen LogP) is 1.96. The highest BCUT2D eigenvalue weighted by molar-refractivity contribution is 5.80. The number of aliphatic carboxylic acids is 2. The zero-order valence-corrected chi connectivity index (χ0v) is 12.6. The third kappa shape index (κ3) is 4.70. The van der Waals surface area contributed by atoms with Crippen LogP contribution in [0.2, 0.25) is 0 Å². The van der Waals surface area contributed by atoms with Gasteiger partial charge in [-0.3, -0.25) is 9.69 Å². The second kappa shape index (κ2) is 7.62. The third-order valence-electron chi connectivity index (χ3n) is 3.87. The molecule has 0 aliphatic carbocycles. The largest absolute Gasteiger partial charge is 0.481 e. The van der Waals surface area contributed by atoms with E-state index < -0.39 is 24.1 Å². The number of piperidine rings is 1. The first-order valence-corrected chi connectivity index (χ1v) is 7.39. The summed E-state index contributed by atoms with van der Waals surface area (Å²) in [5, 5.41) is 18.1. The third-order valence-corrected chi connectivity index (χ3v) is 3.87. The van der Waals surface area contributed by atoms with E-state index >= 15 is 0 Å². The van der Waals surface area contributed by atoms with Gasteiger partial charge in [0.05, 0.1) is 0 Å². The SMILES string of the molecule is O=C(O)C[C@H]1CC[C@@H](C(=O)O)N(C(=O)OCc2ccccc2)C1. The Morgan fingerprint density at radius 2 is 1.83 bits per heavy atom. The molecule has 0 saturated carbocycles. The predicted molar refractivity (Wildman–Crippen MR) is 79.7 cm³/mol. The molecule has 0 spiro atoms. The number of likely N-dealkylation sites (tertiary alicyclic amines) is 1. The van der Waals surface area contributed by atoms with Crippen molar-refractivity contribution in [2.24, 2.45) is 5.92 Å². The number of carbonyl (C=O) groups is 3. The lowest BCUT2D eigenvalue weighted by Gasteiger charge is -2.36. The molecule has 1 aliphatic heterocycles. The van der Waals surface area contributed by atoms with Gasteiger partial charge in [0.1, 0.15) is 12.6 Å². The lowest BCUT2D eigenvalue weighted by atomic mass is 9.90. The van der Waals surface area contributed by atoms with Gasteiger partial charge in [0.25, 0.3) is 0 Å². The monoisotopic (exact) mass is 321 g/mol. The average molecular weight is 321 g/mol. The van der Waals surface area contributed by atoms with Crippen LogP contribution in [-0.4, -0.2) is 45.7 Å². The molecule has 7 nitrogen and oxygen atoms in total. The smallest absolute Gasteiger partial charge is 0.410 e. The van der Waals surface area contributed by atoms with Crippen LogP contribution in [0.15, 0.2) is 30.3 Å². The summed E-state index contributed by atoms with van der Waals surface area (Å²) in [6.07, 6.45) is -0.120. The van der Waals surface area contributed by atoms with Crippen LogP contribution in [0.1, 0.15) is 24.8 Å². The number of nitrogens with zero attached hydrogens (tertiary/aromatic N) is 1. The van der Waals surface area contributed by atoms with Crippen molar-refractivity contribution in [1.82, 2.24) is 4.90 Å². The van der Waals surface area contributed by atoms with Crippen LogP contribution < -0.4 is 0 Å². The van der Waals surface area contributed by atoms with Gasteiger partial charge < -0.3 is 14.9 Å². The lowest BCUT2D eigenvalue weighted by Crippen LogP contribution is -2.51. The number of rotatable bonds is 5. The fourth-order valence-corrected chi connectivity index (χ4v) is 2.72. The molecule has 0 aromatic heterocycles. The first kappa shape index (κ1) is 16.8. The Bertz CT molecular complexity index is 573. The molecule has 1 aromatic carbocycles. The maximum atomic E-state index is 12.2. The van der Waals surface area contributed by atoms with E-state index in [1.54, 1.807) is 12.1 Å². The van der Waals surface area contributed by atoms with E-state index in [0.717, 1.165) is 10.5 Å².